The number of aromatic nitrogens is 1. The number of nitrogens with zero attached hydrogens (tertiary/aromatic N) is 2. The third-order valence-corrected chi connectivity index (χ3v) is 5.47. The Balaban J connectivity index is 1.39. The lowest BCUT2D eigenvalue weighted by Crippen LogP contribution is -2.40. The maximum atomic E-state index is 12.5. The molecule has 26 heavy (non-hydrogen) atoms. The fourth-order valence-corrected chi connectivity index (χ4v) is 3.91. The number of amides is 2. The molecule has 2 amide bonds. The van der Waals surface area contributed by atoms with Gasteiger partial charge in [-0.3, -0.25) is 9.59 Å². The highest BCUT2D eigenvalue weighted by atomic mass is 32.1. The summed E-state index contributed by atoms with van der Waals surface area (Å²) in [5.41, 5.74) is 1.70. The number of carbonyl (C=O) groups is 2. The minimum atomic E-state index is -0.0801. The average molecular weight is 373 g/mol. The molecule has 8 heteroatoms. The zero-order chi connectivity index (χ0) is 18.1. The van der Waals surface area contributed by atoms with Crippen LogP contribution in [0.4, 0.5) is 5.13 Å². The number of carbonyl (C=O) groups excluding carboxylic acids is 2. The highest BCUT2D eigenvalue weighted by Crippen LogP contribution is 2.36. The number of likely N-dealkylation sites (tertiary alicyclic amines) is 1. The Morgan fingerprint density at radius 1 is 1.23 bits per heavy atom. The normalized spacial score (nSPS) is 16.6. The molecular weight excluding hydrogens is 354 g/mol. The fraction of sp³-hybridized carbons (Fsp3) is 0.389. The molecule has 0 spiro atoms. The summed E-state index contributed by atoms with van der Waals surface area (Å²) in [5.74, 6) is 1.40. The fourth-order valence-electron chi connectivity index (χ4n) is 3.18. The number of ether oxygens (including phenoxy) is 2. The van der Waals surface area contributed by atoms with E-state index in [0.717, 1.165) is 17.0 Å². The van der Waals surface area contributed by atoms with E-state index in [1.165, 1.54) is 11.3 Å². The van der Waals surface area contributed by atoms with Gasteiger partial charge in [-0.2, -0.15) is 0 Å². The van der Waals surface area contributed by atoms with E-state index in [2.05, 4.69) is 10.3 Å². The first-order valence-electron chi connectivity index (χ1n) is 8.52. The van der Waals surface area contributed by atoms with Gasteiger partial charge in [0.1, 0.15) is 0 Å². The molecule has 1 fully saturated rings. The molecule has 0 radical (unpaired) electrons. The highest BCUT2D eigenvalue weighted by Gasteiger charge is 2.26. The van der Waals surface area contributed by atoms with E-state index in [0.29, 0.717) is 36.8 Å². The Hall–Kier alpha value is -2.61. The molecule has 2 aliphatic heterocycles. The van der Waals surface area contributed by atoms with Crippen LogP contribution in [0.25, 0.3) is 11.3 Å². The van der Waals surface area contributed by atoms with Gasteiger partial charge >= 0.3 is 0 Å². The van der Waals surface area contributed by atoms with Gasteiger partial charge < -0.3 is 19.7 Å². The SMILES string of the molecule is CC(=O)N1CCC(C(=O)Nc2nc(-c3ccc4c(c3)OCO4)cs2)CC1. The number of hydrogen-bond acceptors (Lipinski definition) is 6. The second-order valence-corrected chi connectivity index (χ2v) is 7.23. The van der Waals surface area contributed by atoms with Gasteiger partial charge in [0.25, 0.3) is 0 Å². The lowest BCUT2D eigenvalue weighted by Gasteiger charge is -2.30. The van der Waals surface area contributed by atoms with Gasteiger partial charge in [0.15, 0.2) is 16.6 Å². The number of thiazole rings is 1. The summed E-state index contributed by atoms with van der Waals surface area (Å²) >= 11 is 1.40. The van der Waals surface area contributed by atoms with Crippen LogP contribution in [0, 0.1) is 5.92 Å². The van der Waals surface area contributed by atoms with Crippen molar-refractivity contribution in [3.05, 3.63) is 23.6 Å². The van der Waals surface area contributed by atoms with Crippen LogP contribution in [-0.2, 0) is 9.59 Å². The monoisotopic (exact) mass is 373 g/mol. The molecule has 0 atom stereocenters. The van der Waals surface area contributed by atoms with Crippen molar-refractivity contribution in [3.63, 3.8) is 0 Å². The topological polar surface area (TPSA) is 80.8 Å². The minimum Gasteiger partial charge on any atom is -0.454 e. The molecule has 4 rings (SSSR count). The van der Waals surface area contributed by atoms with Crippen molar-refractivity contribution in [1.29, 1.82) is 0 Å². The summed E-state index contributed by atoms with van der Waals surface area (Å²) in [7, 11) is 0. The zero-order valence-electron chi connectivity index (χ0n) is 14.4. The molecule has 0 saturated carbocycles. The van der Waals surface area contributed by atoms with Crippen molar-refractivity contribution in [2.45, 2.75) is 19.8 Å². The molecule has 1 saturated heterocycles. The second kappa shape index (κ2) is 6.95. The van der Waals surface area contributed by atoms with Crippen molar-refractivity contribution in [3.8, 4) is 22.8 Å². The second-order valence-electron chi connectivity index (χ2n) is 6.38. The van der Waals surface area contributed by atoms with Crippen molar-refractivity contribution >= 4 is 28.3 Å². The standard InChI is InChI=1S/C18H19N3O4S/c1-11(22)21-6-4-12(5-7-21)17(23)20-18-19-14(9-26-18)13-2-3-15-16(8-13)25-10-24-15/h2-3,8-9,12H,4-7,10H2,1H3,(H,19,20,23). The Labute approximate surface area is 154 Å². The quantitative estimate of drug-likeness (QED) is 0.895. The predicted molar refractivity (Wildman–Crippen MR) is 97.3 cm³/mol. The molecule has 1 aromatic carbocycles. The largest absolute Gasteiger partial charge is 0.454 e. The van der Waals surface area contributed by atoms with Gasteiger partial charge in [0.2, 0.25) is 18.6 Å². The van der Waals surface area contributed by atoms with Crippen molar-refractivity contribution in [2.75, 3.05) is 25.2 Å². The van der Waals surface area contributed by atoms with E-state index in [9.17, 15) is 9.59 Å². The van der Waals surface area contributed by atoms with E-state index in [4.69, 9.17) is 9.47 Å². The molecule has 2 aliphatic rings. The summed E-state index contributed by atoms with van der Waals surface area (Å²) in [6, 6.07) is 5.67. The van der Waals surface area contributed by atoms with E-state index in [-0.39, 0.29) is 24.5 Å². The van der Waals surface area contributed by atoms with Gasteiger partial charge in [-0.05, 0) is 31.0 Å². The van der Waals surface area contributed by atoms with Crippen molar-refractivity contribution in [1.82, 2.24) is 9.88 Å². The molecule has 3 heterocycles. The third kappa shape index (κ3) is 3.37. The number of rotatable bonds is 3. The molecular formula is C18H19N3O4S. The van der Waals surface area contributed by atoms with Crippen LogP contribution in [-0.4, -0.2) is 41.6 Å². The zero-order valence-corrected chi connectivity index (χ0v) is 15.2. The van der Waals surface area contributed by atoms with Crippen LogP contribution in [0.1, 0.15) is 19.8 Å². The Morgan fingerprint density at radius 3 is 2.77 bits per heavy atom. The number of fused-ring (bicyclic) bond motifs is 1. The maximum absolute atomic E-state index is 12.5. The van der Waals surface area contributed by atoms with Crippen LogP contribution in [0.2, 0.25) is 0 Å². The molecule has 136 valence electrons. The molecule has 0 aliphatic carbocycles. The Kier molecular flexibility index (Phi) is 4.50. The third-order valence-electron chi connectivity index (χ3n) is 4.71. The molecule has 2 aromatic rings. The van der Waals surface area contributed by atoms with E-state index in [1.54, 1.807) is 11.8 Å². The van der Waals surface area contributed by atoms with Crippen LogP contribution in [0.15, 0.2) is 23.6 Å². The van der Waals surface area contributed by atoms with Crippen LogP contribution < -0.4 is 14.8 Å². The summed E-state index contributed by atoms with van der Waals surface area (Å²) in [6.07, 6.45) is 1.37. The molecule has 0 unspecified atom stereocenters. The van der Waals surface area contributed by atoms with E-state index >= 15 is 0 Å². The van der Waals surface area contributed by atoms with Gasteiger partial charge in [-0.25, -0.2) is 4.98 Å². The van der Waals surface area contributed by atoms with E-state index in [1.807, 2.05) is 23.6 Å². The molecule has 0 bridgehead atoms. The highest BCUT2D eigenvalue weighted by molar-refractivity contribution is 7.14. The summed E-state index contributed by atoms with van der Waals surface area (Å²) in [6.45, 7) is 3.06. The first kappa shape index (κ1) is 16.8. The first-order valence-corrected chi connectivity index (χ1v) is 9.40. The Bertz CT molecular complexity index is 843. The van der Waals surface area contributed by atoms with Gasteiger partial charge in [0, 0.05) is 36.9 Å². The number of hydrogen-bond donors (Lipinski definition) is 1. The van der Waals surface area contributed by atoms with Gasteiger partial charge in [-0.15, -0.1) is 11.3 Å². The lowest BCUT2D eigenvalue weighted by atomic mass is 9.96. The van der Waals surface area contributed by atoms with E-state index < -0.39 is 0 Å². The molecule has 1 aromatic heterocycles. The number of nitrogens with one attached hydrogen (secondary N) is 1. The maximum Gasteiger partial charge on any atom is 0.231 e. The first-order chi connectivity index (χ1) is 12.6. The molecule has 1 N–H and O–H groups in total. The van der Waals surface area contributed by atoms with Crippen LogP contribution >= 0.6 is 11.3 Å². The predicted octanol–water partition coefficient (Wildman–Crippen LogP) is 2.74. The van der Waals surface area contributed by atoms with Crippen molar-refractivity contribution in [2.24, 2.45) is 5.92 Å². The summed E-state index contributed by atoms with van der Waals surface area (Å²) in [5, 5.41) is 5.40. The van der Waals surface area contributed by atoms with Gasteiger partial charge in [0.05, 0.1) is 5.69 Å². The van der Waals surface area contributed by atoms with Crippen molar-refractivity contribution < 1.29 is 19.1 Å². The average Bonchev–Trinajstić information content (AvgIpc) is 3.30. The number of piperidine rings is 1. The lowest BCUT2D eigenvalue weighted by molar-refractivity contribution is -0.132. The Morgan fingerprint density at radius 2 is 2.00 bits per heavy atom. The number of anilines is 1. The number of benzene rings is 1. The summed E-state index contributed by atoms with van der Waals surface area (Å²) < 4.78 is 10.7. The summed E-state index contributed by atoms with van der Waals surface area (Å²) in [4.78, 5) is 30.1. The minimum absolute atomic E-state index is 0.0280. The van der Waals surface area contributed by atoms with Crippen LogP contribution in [0.3, 0.4) is 0 Å². The van der Waals surface area contributed by atoms with Crippen LogP contribution in [0.5, 0.6) is 11.5 Å². The smallest absolute Gasteiger partial charge is 0.231 e. The van der Waals surface area contributed by atoms with Gasteiger partial charge in [-0.1, -0.05) is 0 Å². The molecule has 7 nitrogen and oxygen atoms in total.